The molecule has 0 saturated heterocycles. The van der Waals surface area contributed by atoms with Crippen molar-refractivity contribution in [1.29, 1.82) is 0 Å². The zero-order valence-corrected chi connectivity index (χ0v) is 13.8. The molecule has 116 valence electrons. The van der Waals surface area contributed by atoms with Crippen molar-refractivity contribution in [3.05, 3.63) is 35.4 Å². The SMILES string of the molecule is COC(=O)C(CC(C)C)NC(=O)c1cccc(CSC)c1. The third-order valence-corrected chi connectivity index (χ3v) is 3.62. The number of rotatable bonds is 7. The summed E-state index contributed by atoms with van der Waals surface area (Å²) in [5.74, 6) is 0.497. The molecule has 0 spiro atoms. The normalized spacial score (nSPS) is 12.0. The van der Waals surface area contributed by atoms with E-state index in [0.717, 1.165) is 11.3 Å². The van der Waals surface area contributed by atoms with Crippen LogP contribution in [0.25, 0.3) is 0 Å². The molecule has 1 aromatic rings. The van der Waals surface area contributed by atoms with E-state index in [4.69, 9.17) is 4.74 Å². The van der Waals surface area contributed by atoms with Gasteiger partial charge in [-0.15, -0.1) is 0 Å². The zero-order chi connectivity index (χ0) is 15.8. The van der Waals surface area contributed by atoms with Crippen LogP contribution in [0.4, 0.5) is 0 Å². The zero-order valence-electron chi connectivity index (χ0n) is 13.0. The van der Waals surface area contributed by atoms with Crippen LogP contribution in [0.2, 0.25) is 0 Å². The van der Waals surface area contributed by atoms with E-state index in [1.54, 1.807) is 17.8 Å². The number of hydrogen-bond donors (Lipinski definition) is 1. The molecule has 0 radical (unpaired) electrons. The van der Waals surface area contributed by atoms with Crippen molar-refractivity contribution in [2.45, 2.75) is 32.1 Å². The first kappa shape index (κ1) is 17.6. The number of methoxy groups -OCH3 is 1. The predicted octanol–water partition coefficient (Wildman–Crippen LogP) is 2.87. The number of nitrogens with one attached hydrogen (secondary N) is 1. The van der Waals surface area contributed by atoms with Gasteiger partial charge < -0.3 is 10.1 Å². The molecule has 0 heterocycles. The van der Waals surface area contributed by atoms with Crippen molar-refractivity contribution in [1.82, 2.24) is 5.32 Å². The summed E-state index contributed by atoms with van der Waals surface area (Å²) >= 11 is 1.70. The smallest absolute Gasteiger partial charge is 0.328 e. The number of esters is 1. The molecular weight excluding hydrogens is 286 g/mol. The van der Waals surface area contributed by atoms with Crippen LogP contribution in [0.1, 0.15) is 36.2 Å². The Hall–Kier alpha value is -1.49. The highest BCUT2D eigenvalue weighted by molar-refractivity contribution is 7.97. The van der Waals surface area contributed by atoms with Crippen LogP contribution in [0, 0.1) is 5.92 Å². The van der Waals surface area contributed by atoms with Crippen LogP contribution >= 0.6 is 11.8 Å². The molecule has 1 amide bonds. The standard InChI is InChI=1S/C16H23NO3S/c1-11(2)8-14(16(19)20-3)17-15(18)13-7-5-6-12(9-13)10-21-4/h5-7,9,11,14H,8,10H2,1-4H3,(H,17,18). The summed E-state index contributed by atoms with van der Waals surface area (Å²) in [6.07, 6.45) is 2.57. The Bertz CT molecular complexity index is 488. The highest BCUT2D eigenvalue weighted by atomic mass is 32.2. The Balaban J connectivity index is 2.81. The molecule has 0 saturated carbocycles. The maximum absolute atomic E-state index is 12.3. The number of carbonyl (C=O) groups excluding carboxylic acids is 2. The third-order valence-electron chi connectivity index (χ3n) is 3.00. The Morgan fingerprint density at radius 3 is 2.62 bits per heavy atom. The van der Waals surface area contributed by atoms with Gasteiger partial charge >= 0.3 is 5.97 Å². The van der Waals surface area contributed by atoms with Gasteiger partial charge in [-0.05, 0) is 36.3 Å². The molecule has 1 atom stereocenters. The summed E-state index contributed by atoms with van der Waals surface area (Å²) in [4.78, 5) is 24.0. The fourth-order valence-corrected chi connectivity index (χ4v) is 2.55. The second kappa shape index (κ2) is 8.72. The summed E-state index contributed by atoms with van der Waals surface area (Å²) < 4.78 is 4.76. The first-order chi connectivity index (χ1) is 9.97. The quantitative estimate of drug-likeness (QED) is 0.787. The molecule has 1 unspecified atom stereocenters. The van der Waals surface area contributed by atoms with Gasteiger partial charge in [0.25, 0.3) is 5.91 Å². The van der Waals surface area contributed by atoms with Crippen LogP contribution in [-0.2, 0) is 15.3 Å². The monoisotopic (exact) mass is 309 g/mol. The average Bonchev–Trinajstić information content (AvgIpc) is 2.45. The highest BCUT2D eigenvalue weighted by Gasteiger charge is 2.23. The minimum absolute atomic E-state index is 0.242. The lowest BCUT2D eigenvalue weighted by molar-refractivity contribution is -0.143. The predicted molar refractivity (Wildman–Crippen MR) is 86.4 cm³/mol. The molecule has 1 rings (SSSR count). The molecule has 0 fully saturated rings. The van der Waals surface area contributed by atoms with Gasteiger partial charge in [0.2, 0.25) is 0 Å². The van der Waals surface area contributed by atoms with Gasteiger partial charge in [-0.1, -0.05) is 26.0 Å². The second-order valence-electron chi connectivity index (χ2n) is 5.31. The average molecular weight is 309 g/mol. The molecule has 21 heavy (non-hydrogen) atoms. The molecule has 0 bridgehead atoms. The van der Waals surface area contributed by atoms with Crippen molar-refractivity contribution in [3.8, 4) is 0 Å². The van der Waals surface area contributed by atoms with E-state index in [9.17, 15) is 9.59 Å². The summed E-state index contributed by atoms with van der Waals surface area (Å²) in [5.41, 5.74) is 1.66. The van der Waals surface area contributed by atoms with Crippen LogP contribution in [0.3, 0.4) is 0 Å². The Labute approximate surface area is 130 Å². The van der Waals surface area contributed by atoms with E-state index in [1.165, 1.54) is 7.11 Å². The largest absolute Gasteiger partial charge is 0.467 e. The number of carbonyl (C=O) groups is 2. The van der Waals surface area contributed by atoms with Gasteiger partial charge in [0, 0.05) is 11.3 Å². The lowest BCUT2D eigenvalue weighted by Crippen LogP contribution is -2.42. The van der Waals surface area contributed by atoms with E-state index in [0.29, 0.717) is 12.0 Å². The van der Waals surface area contributed by atoms with Crippen LogP contribution in [-0.4, -0.2) is 31.3 Å². The number of hydrogen-bond acceptors (Lipinski definition) is 4. The van der Waals surface area contributed by atoms with Gasteiger partial charge in [0.05, 0.1) is 7.11 Å². The van der Waals surface area contributed by atoms with E-state index in [1.807, 2.05) is 38.3 Å². The lowest BCUT2D eigenvalue weighted by Gasteiger charge is -2.18. The van der Waals surface area contributed by atoms with E-state index < -0.39 is 12.0 Å². The summed E-state index contributed by atoms with van der Waals surface area (Å²) in [7, 11) is 1.33. The molecule has 0 aliphatic heterocycles. The molecule has 0 aromatic heterocycles. The van der Waals surface area contributed by atoms with Crippen molar-refractivity contribution in [2.75, 3.05) is 13.4 Å². The molecule has 0 aliphatic rings. The van der Waals surface area contributed by atoms with E-state index in [2.05, 4.69) is 5.32 Å². The number of amides is 1. The van der Waals surface area contributed by atoms with Crippen LogP contribution in [0.5, 0.6) is 0 Å². The molecule has 0 aliphatic carbocycles. The first-order valence-electron chi connectivity index (χ1n) is 6.94. The molecular formula is C16H23NO3S. The van der Waals surface area contributed by atoms with Gasteiger partial charge in [0.1, 0.15) is 6.04 Å². The molecule has 1 N–H and O–H groups in total. The van der Waals surface area contributed by atoms with Crippen molar-refractivity contribution in [2.24, 2.45) is 5.92 Å². The van der Waals surface area contributed by atoms with Crippen molar-refractivity contribution >= 4 is 23.6 Å². The second-order valence-corrected chi connectivity index (χ2v) is 6.18. The summed E-state index contributed by atoms with van der Waals surface area (Å²) in [6, 6.07) is 6.85. The van der Waals surface area contributed by atoms with Gasteiger partial charge in [-0.2, -0.15) is 11.8 Å². The number of thioether (sulfide) groups is 1. The Morgan fingerprint density at radius 2 is 2.05 bits per heavy atom. The molecule has 4 nitrogen and oxygen atoms in total. The lowest BCUT2D eigenvalue weighted by atomic mass is 10.0. The Kier molecular flexibility index (Phi) is 7.29. The van der Waals surface area contributed by atoms with Gasteiger partial charge in [-0.25, -0.2) is 4.79 Å². The number of ether oxygens (including phenoxy) is 1. The van der Waals surface area contributed by atoms with Crippen molar-refractivity contribution in [3.63, 3.8) is 0 Å². The van der Waals surface area contributed by atoms with Crippen LogP contribution < -0.4 is 5.32 Å². The maximum Gasteiger partial charge on any atom is 0.328 e. The first-order valence-corrected chi connectivity index (χ1v) is 8.33. The number of benzene rings is 1. The van der Waals surface area contributed by atoms with E-state index >= 15 is 0 Å². The minimum Gasteiger partial charge on any atom is -0.467 e. The topological polar surface area (TPSA) is 55.4 Å². The van der Waals surface area contributed by atoms with Crippen LogP contribution in [0.15, 0.2) is 24.3 Å². The third kappa shape index (κ3) is 5.79. The van der Waals surface area contributed by atoms with Gasteiger partial charge in [-0.3, -0.25) is 4.79 Å². The fraction of sp³-hybridized carbons (Fsp3) is 0.500. The Morgan fingerprint density at radius 1 is 1.33 bits per heavy atom. The molecule has 5 heteroatoms. The summed E-state index contributed by atoms with van der Waals surface area (Å²) in [5, 5.41) is 2.76. The van der Waals surface area contributed by atoms with E-state index in [-0.39, 0.29) is 11.8 Å². The fourth-order valence-electron chi connectivity index (χ4n) is 2.04. The summed E-state index contributed by atoms with van der Waals surface area (Å²) in [6.45, 7) is 4.00. The van der Waals surface area contributed by atoms with Gasteiger partial charge in [0.15, 0.2) is 0 Å². The highest BCUT2D eigenvalue weighted by Crippen LogP contribution is 2.12. The maximum atomic E-state index is 12.3. The van der Waals surface area contributed by atoms with Crippen molar-refractivity contribution < 1.29 is 14.3 Å². The molecule has 1 aromatic carbocycles. The minimum atomic E-state index is -0.605.